The SMILES string of the molecule is Cc1cccc(N(C)C)c1-c1cc(N)on1. The highest BCUT2D eigenvalue weighted by atomic mass is 16.5. The Bertz CT molecular complexity index is 503. The number of hydrogen-bond donors (Lipinski definition) is 1. The number of benzene rings is 1. The quantitative estimate of drug-likeness (QED) is 0.838. The number of hydrogen-bond acceptors (Lipinski definition) is 4. The molecular weight excluding hydrogens is 202 g/mol. The summed E-state index contributed by atoms with van der Waals surface area (Å²) < 4.78 is 4.92. The van der Waals surface area contributed by atoms with Gasteiger partial charge in [0, 0.05) is 31.4 Å². The average molecular weight is 217 g/mol. The van der Waals surface area contributed by atoms with Crippen LogP contribution in [0.5, 0.6) is 0 Å². The second kappa shape index (κ2) is 3.89. The van der Waals surface area contributed by atoms with E-state index in [1.165, 1.54) is 0 Å². The van der Waals surface area contributed by atoms with Crippen LogP contribution in [0.2, 0.25) is 0 Å². The summed E-state index contributed by atoms with van der Waals surface area (Å²) in [6.45, 7) is 2.05. The molecule has 4 heteroatoms. The molecule has 0 amide bonds. The van der Waals surface area contributed by atoms with Gasteiger partial charge in [0.1, 0.15) is 5.69 Å². The molecule has 1 aromatic carbocycles. The zero-order valence-electron chi connectivity index (χ0n) is 9.69. The molecule has 2 N–H and O–H groups in total. The zero-order valence-corrected chi connectivity index (χ0v) is 9.69. The molecule has 0 fully saturated rings. The Balaban J connectivity index is 2.62. The zero-order chi connectivity index (χ0) is 11.7. The predicted octanol–water partition coefficient (Wildman–Crippen LogP) is 2.30. The monoisotopic (exact) mass is 217 g/mol. The second-order valence-electron chi connectivity index (χ2n) is 3.98. The van der Waals surface area contributed by atoms with Gasteiger partial charge in [-0.3, -0.25) is 0 Å². The molecule has 2 aromatic rings. The number of aryl methyl sites for hydroxylation is 1. The summed E-state index contributed by atoms with van der Waals surface area (Å²) in [4.78, 5) is 2.05. The van der Waals surface area contributed by atoms with Crippen LogP contribution in [0.1, 0.15) is 5.56 Å². The summed E-state index contributed by atoms with van der Waals surface area (Å²) in [5.74, 6) is 0.336. The number of aromatic nitrogens is 1. The van der Waals surface area contributed by atoms with Gasteiger partial charge in [0.2, 0.25) is 5.88 Å². The average Bonchev–Trinajstić information content (AvgIpc) is 2.64. The Hall–Kier alpha value is -1.97. The van der Waals surface area contributed by atoms with Crippen molar-refractivity contribution in [2.75, 3.05) is 24.7 Å². The first-order chi connectivity index (χ1) is 7.59. The van der Waals surface area contributed by atoms with Gasteiger partial charge in [-0.25, -0.2) is 0 Å². The van der Waals surface area contributed by atoms with Crippen LogP contribution in [0.4, 0.5) is 11.6 Å². The minimum atomic E-state index is 0.336. The van der Waals surface area contributed by atoms with Gasteiger partial charge in [0.15, 0.2) is 0 Å². The first kappa shape index (κ1) is 10.5. The molecule has 0 aliphatic carbocycles. The minimum absolute atomic E-state index is 0.336. The lowest BCUT2D eigenvalue weighted by Gasteiger charge is -2.17. The van der Waals surface area contributed by atoms with Crippen LogP contribution >= 0.6 is 0 Å². The molecule has 0 aliphatic rings. The van der Waals surface area contributed by atoms with Crippen molar-refractivity contribution in [3.8, 4) is 11.3 Å². The van der Waals surface area contributed by atoms with Crippen molar-refractivity contribution >= 4 is 11.6 Å². The van der Waals surface area contributed by atoms with E-state index in [1.54, 1.807) is 6.07 Å². The number of rotatable bonds is 2. The first-order valence-electron chi connectivity index (χ1n) is 5.09. The summed E-state index contributed by atoms with van der Waals surface area (Å²) in [6, 6.07) is 7.87. The van der Waals surface area contributed by atoms with Gasteiger partial charge in [-0.15, -0.1) is 0 Å². The molecule has 84 valence electrons. The van der Waals surface area contributed by atoms with E-state index in [0.717, 1.165) is 22.5 Å². The fraction of sp³-hybridized carbons (Fsp3) is 0.250. The third kappa shape index (κ3) is 1.74. The fourth-order valence-electron chi connectivity index (χ4n) is 1.77. The molecule has 1 aromatic heterocycles. The van der Waals surface area contributed by atoms with Crippen LogP contribution in [0.15, 0.2) is 28.8 Å². The van der Waals surface area contributed by atoms with Crippen molar-refractivity contribution in [1.29, 1.82) is 0 Å². The van der Waals surface area contributed by atoms with Crippen molar-refractivity contribution in [1.82, 2.24) is 5.16 Å². The lowest BCUT2D eigenvalue weighted by Crippen LogP contribution is -2.10. The van der Waals surface area contributed by atoms with Gasteiger partial charge < -0.3 is 15.2 Å². The van der Waals surface area contributed by atoms with Crippen LogP contribution in [0.25, 0.3) is 11.3 Å². The van der Waals surface area contributed by atoms with Crippen LogP contribution in [0, 0.1) is 6.92 Å². The van der Waals surface area contributed by atoms with E-state index < -0.39 is 0 Å². The minimum Gasteiger partial charge on any atom is -0.377 e. The Morgan fingerprint density at radius 3 is 2.62 bits per heavy atom. The largest absolute Gasteiger partial charge is 0.377 e. The number of anilines is 2. The Kier molecular flexibility index (Phi) is 2.56. The molecule has 0 saturated heterocycles. The maximum atomic E-state index is 5.55. The van der Waals surface area contributed by atoms with Crippen molar-refractivity contribution in [3.05, 3.63) is 29.8 Å². The van der Waals surface area contributed by atoms with Gasteiger partial charge in [0.05, 0.1) is 0 Å². The first-order valence-corrected chi connectivity index (χ1v) is 5.09. The van der Waals surface area contributed by atoms with Gasteiger partial charge >= 0.3 is 0 Å². The Morgan fingerprint density at radius 2 is 2.06 bits per heavy atom. The number of nitrogen functional groups attached to an aromatic ring is 1. The summed E-state index contributed by atoms with van der Waals surface area (Å²) >= 11 is 0. The summed E-state index contributed by atoms with van der Waals surface area (Å²) in [7, 11) is 4.00. The van der Waals surface area contributed by atoms with Crippen LogP contribution < -0.4 is 10.6 Å². The lowest BCUT2D eigenvalue weighted by molar-refractivity contribution is 0.439. The third-order valence-corrected chi connectivity index (χ3v) is 2.52. The fourth-order valence-corrected chi connectivity index (χ4v) is 1.77. The molecule has 0 unspecified atom stereocenters. The second-order valence-corrected chi connectivity index (χ2v) is 3.98. The van der Waals surface area contributed by atoms with Gasteiger partial charge in [-0.05, 0) is 18.6 Å². The predicted molar refractivity (Wildman–Crippen MR) is 65.4 cm³/mol. The smallest absolute Gasteiger partial charge is 0.222 e. The molecule has 0 spiro atoms. The molecule has 0 saturated carbocycles. The topological polar surface area (TPSA) is 55.3 Å². The number of nitrogens with zero attached hydrogens (tertiary/aromatic N) is 2. The van der Waals surface area contributed by atoms with Crippen LogP contribution in [-0.4, -0.2) is 19.3 Å². The van der Waals surface area contributed by atoms with Gasteiger partial charge in [0.25, 0.3) is 0 Å². The van der Waals surface area contributed by atoms with E-state index in [4.69, 9.17) is 10.3 Å². The summed E-state index contributed by atoms with van der Waals surface area (Å²) in [6.07, 6.45) is 0. The Morgan fingerprint density at radius 1 is 1.31 bits per heavy atom. The number of nitrogens with two attached hydrogens (primary N) is 1. The maximum Gasteiger partial charge on any atom is 0.222 e. The van der Waals surface area contributed by atoms with Crippen molar-refractivity contribution < 1.29 is 4.52 Å². The van der Waals surface area contributed by atoms with Crippen molar-refractivity contribution in [2.24, 2.45) is 0 Å². The molecule has 0 bridgehead atoms. The molecule has 4 nitrogen and oxygen atoms in total. The highest BCUT2D eigenvalue weighted by Crippen LogP contribution is 2.32. The highest BCUT2D eigenvalue weighted by molar-refractivity contribution is 5.79. The molecular formula is C12H15N3O. The van der Waals surface area contributed by atoms with E-state index in [0.29, 0.717) is 5.88 Å². The van der Waals surface area contributed by atoms with E-state index >= 15 is 0 Å². The Labute approximate surface area is 94.6 Å². The standard InChI is InChI=1S/C12H15N3O/c1-8-5-4-6-10(15(2)3)12(8)9-7-11(13)16-14-9/h4-7H,13H2,1-3H3. The van der Waals surface area contributed by atoms with Crippen molar-refractivity contribution in [3.63, 3.8) is 0 Å². The molecule has 16 heavy (non-hydrogen) atoms. The lowest BCUT2D eigenvalue weighted by atomic mass is 10.0. The van der Waals surface area contributed by atoms with E-state index in [2.05, 4.69) is 5.16 Å². The van der Waals surface area contributed by atoms with Gasteiger partial charge in [-0.1, -0.05) is 17.3 Å². The van der Waals surface area contributed by atoms with E-state index in [-0.39, 0.29) is 0 Å². The normalized spacial score (nSPS) is 10.4. The maximum absolute atomic E-state index is 5.55. The molecule has 1 heterocycles. The molecule has 0 atom stereocenters. The van der Waals surface area contributed by atoms with E-state index in [9.17, 15) is 0 Å². The summed E-state index contributed by atoms with van der Waals surface area (Å²) in [5.41, 5.74) is 9.65. The summed E-state index contributed by atoms with van der Waals surface area (Å²) in [5, 5.41) is 3.96. The highest BCUT2D eigenvalue weighted by Gasteiger charge is 2.13. The van der Waals surface area contributed by atoms with Crippen LogP contribution in [0.3, 0.4) is 0 Å². The van der Waals surface area contributed by atoms with Crippen LogP contribution in [-0.2, 0) is 0 Å². The van der Waals surface area contributed by atoms with Gasteiger partial charge in [-0.2, -0.15) is 0 Å². The van der Waals surface area contributed by atoms with Crippen molar-refractivity contribution in [2.45, 2.75) is 6.92 Å². The molecule has 0 radical (unpaired) electrons. The third-order valence-electron chi connectivity index (χ3n) is 2.52. The molecule has 2 rings (SSSR count). The molecule has 0 aliphatic heterocycles. The van der Waals surface area contributed by atoms with E-state index in [1.807, 2.05) is 44.1 Å².